The minimum atomic E-state index is -0.336. The maximum absolute atomic E-state index is 13.0. The molecule has 1 aromatic rings. The first-order chi connectivity index (χ1) is 13.1. The van der Waals surface area contributed by atoms with Gasteiger partial charge in [0.2, 0.25) is 5.91 Å². The Balaban J connectivity index is 1.70. The Kier molecular flexibility index (Phi) is 6.69. The number of carbonyl (C=O) groups is 2. The molecule has 1 aromatic carbocycles. The summed E-state index contributed by atoms with van der Waals surface area (Å²) in [5.74, 6) is 0.101. The van der Waals surface area contributed by atoms with E-state index in [-0.39, 0.29) is 36.2 Å². The maximum atomic E-state index is 13.0. The zero-order chi connectivity index (χ0) is 19.2. The first kappa shape index (κ1) is 19.6. The highest BCUT2D eigenvalue weighted by Crippen LogP contribution is 2.32. The number of carbonyl (C=O) groups excluding carboxylic acids is 2. The van der Waals surface area contributed by atoms with Crippen LogP contribution in [0, 0.1) is 11.7 Å². The fourth-order valence-corrected chi connectivity index (χ4v) is 4.21. The number of hydrogen-bond acceptors (Lipinski definition) is 3. The zero-order valence-electron chi connectivity index (χ0n) is 16.0. The summed E-state index contributed by atoms with van der Waals surface area (Å²) < 4.78 is 18.6. The average Bonchev–Trinajstić information content (AvgIpc) is 3.14. The van der Waals surface area contributed by atoms with Gasteiger partial charge < -0.3 is 14.5 Å². The monoisotopic (exact) mass is 376 g/mol. The predicted octanol–water partition coefficient (Wildman–Crippen LogP) is 3.23. The summed E-state index contributed by atoms with van der Waals surface area (Å²) in [4.78, 5) is 29.5. The second-order valence-electron chi connectivity index (χ2n) is 7.61. The Hall–Kier alpha value is -2.11. The van der Waals surface area contributed by atoms with Crippen molar-refractivity contribution in [1.29, 1.82) is 0 Å². The topological polar surface area (TPSA) is 49.9 Å². The van der Waals surface area contributed by atoms with Crippen LogP contribution in [0.2, 0.25) is 0 Å². The molecule has 1 saturated heterocycles. The van der Waals surface area contributed by atoms with Crippen molar-refractivity contribution in [3.8, 4) is 5.75 Å². The molecule has 2 atom stereocenters. The third-order valence-corrected chi connectivity index (χ3v) is 5.71. The van der Waals surface area contributed by atoms with Crippen molar-refractivity contribution >= 4 is 11.8 Å². The van der Waals surface area contributed by atoms with Crippen molar-refractivity contribution in [3.05, 3.63) is 30.1 Å². The van der Waals surface area contributed by atoms with E-state index in [1.807, 2.05) is 16.8 Å². The van der Waals surface area contributed by atoms with Gasteiger partial charge in [0.25, 0.3) is 5.91 Å². The van der Waals surface area contributed by atoms with Crippen molar-refractivity contribution in [3.63, 3.8) is 0 Å². The van der Waals surface area contributed by atoms with Gasteiger partial charge in [0, 0.05) is 26.2 Å². The van der Waals surface area contributed by atoms with Crippen LogP contribution in [-0.4, -0.2) is 54.4 Å². The molecule has 0 aromatic heterocycles. The van der Waals surface area contributed by atoms with Gasteiger partial charge in [-0.1, -0.05) is 19.3 Å². The highest BCUT2D eigenvalue weighted by molar-refractivity contribution is 5.82. The standard InChI is InChI=1S/C21H29FN2O3/c1-23-13-4-2-3-5-14-24(19-8-6-7-18(19)21(23)26)20(25)15-27-17-11-9-16(22)10-12-17/h9-12,18-19H,2-8,13-15H2,1H3/t18-,19+/m1/s1. The van der Waals surface area contributed by atoms with E-state index in [9.17, 15) is 14.0 Å². The molecule has 27 heavy (non-hydrogen) atoms. The van der Waals surface area contributed by atoms with Crippen molar-refractivity contribution in [2.24, 2.45) is 5.92 Å². The molecule has 0 spiro atoms. The van der Waals surface area contributed by atoms with Crippen LogP contribution in [0.1, 0.15) is 44.9 Å². The smallest absolute Gasteiger partial charge is 0.260 e. The van der Waals surface area contributed by atoms with Crippen LogP contribution in [0.4, 0.5) is 4.39 Å². The van der Waals surface area contributed by atoms with Gasteiger partial charge in [-0.15, -0.1) is 0 Å². The summed E-state index contributed by atoms with van der Waals surface area (Å²) in [5, 5.41) is 0. The fourth-order valence-electron chi connectivity index (χ4n) is 4.21. The molecule has 2 aliphatic rings. The molecule has 6 heteroatoms. The van der Waals surface area contributed by atoms with Crippen LogP contribution in [-0.2, 0) is 9.59 Å². The normalized spacial score (nSPS) is 24.3. The second-order valence-corrected chi connectivity index (χ2v) is 7.61. The molecule has 1 saturated carbocycles. The molecule has 1 aliphatic carbocycles. The number of halogens is 1. The summed E-state index contributed by atoms with van der Waals surface area (Å²) >= 11 is 0. The van der Waals surface area contributed by atoms with Gasteiger partial charge in [0.05, 0.1) is 5.92 Å². The molecule has 1 heterocycles. The van der Waals surface area contributed by atoms with E-state index >= 15 is 0 Å². The lowest BCUT2D eigenvalue weighted by Crippen LogP contribution is -2.49. The number of benzene rings is 1. The van der Waals surface area contributed by atoms with Gasteiger partial charge in [-0.3, -0.25) is 9.59 Å². The summed E-state index contributed by atoms with van der Waals surface area (Å²) in [6.07, 6.45) is 6.77. The summed E-state index contributed by atoms with van der Waals surface area (Å²) in [7, 11) is 1.87. The van der Waals surface area contributed by atoms with E-state index in [1.54, 1.807) is 0 Å². The highest BCUT2D eigenvalue weighted by atomic mass is 19.1. The lowest BCUT2D eigenvalue weighted by Gasteiger charge is -2.34. The van der Waals surface area contributed by atoms with Crippen LogP contribution >= 0.6 is 0 Å². The Labute approximate surface area is 160 Å². The number of nitrogens with zero attached hydrogens (tertiary/aromatic N) is 2. The van der Waals surface area contributed by atoms with Gasteiger partial charge in [0.1, 0.15) is 11.6 Å². The molecule has 3 rings (SSSR count). The Morgan fingerprint density at radius 1 is 1.07 bits per heavy atom. The number of hydrogen-bond donors (Lipinski definition) is 0. The van der Waals surface area contributed by atoms with Crippen molar-refractivity contribution in [2.45, 2.75) is 51.0 Å². The number of ether oxygens (including phenoxy) is 1. The molecular weight excluding hydrogens is 347 g/mol. The Bertz CT molecular complexity index is 649. The molecule has 0 unspecified atom stereocenters. The quantitative estimate of drug-likeness (QED) is 0.814. The largest absolute Gasteiger partial charge is 0.484 e. The van der Waals surface area contributed by atoms with E-state index in [2.05, 4.69) is 0 Å². The van der Waals surface area contributed by atoms with Gasteiger partial charge >= 0.3 is 0 Å². The molecule has 0 bridgehead atoms. The van der Waals surface area contributed by atoms with Crippen LogP contribution in [0.3, 0.4) is 0 Å². The molecular formula is C21H29FN2O3. The highest BCUT2D eigenvalue weighted by Gasteiger charge is 2.40. The number of fused-ring (bicyclic) bond motifs is 1. The molecule has 1 aliphatic heterocycles. The van der Waals surface area contributed by atoms with Gasteiger partial charge in [-0.05, 0) is 49.9 Å². The first-order valence-electron chi connectivity index (χ1n) is 9.99. The molecule has 2 fully saturated rings. The van der Waals surface area contributed by atoms with Gasteiger partial charge in [-0.2, -0.15) is 0 Å². The van der Waals surface area contributed by atoms with Crippen LogP contribution in [0.15, 0.2) is 24.3 Å². The number of rotatable bonds is 3. The molecule has 148 valence electrons. The molecule has 2 amide bonds. The average molecular weight is 376 g/mol. The van der Waals surface area contributed by atoms with Crippen molar-refractivity contribution in [1.82, 2.24) is 9.80 Å². The Morgan fingerprint density at radius 2 is 1.78 bits per heavy atom. The fraction of sp³-hybridized carbons (Fsp3) is 0.619. The third kappa shape index (κ3) is 4.99. The Morgan fingerprint density at radius 3 is 2.52 bits per heavy atom. The lowest BCUT2D eigenvalue weighted by atomic mass is 10.00. The van der Waals surface area contributed by atoms with Crippen molar-refractivity contribution < 1.29 is 18.7 Å². The molecule has 0 radical (unpaired) electrons. The summed E-state index contributed by atoms with van der Waals surface area (Å²) in [6.45, 7) is 1.38. The van der Waals surface area contributed by atoms with E-state index in [0.717, 1.165) is 51.5 Å². The predicted molar refractivity (Wildman–Crippen MR) is 101 cm³/mol. The maximum Gasteiger partial charge on any atom is 0.260 e. The molecule has 5 nitrogen and oxygen atoms in total. The van der Waals surface area contributed by atoms with Crippen LogP contribution < -0.4 is 4.74 Å². The second kappa shape index (κ2) is 9.20. The minimum Gasteiger partial charge on any atom is -0.484 e. The zero-order valence-corrected chi connectivity index (χ0v) is 16.0. The van der Waals surface area contributed by atoms with E-state index in [4.69, 9.17) is 4.74 Å². The lowest BCUT2D eigenvalue weighted by molar-refractivity contribution is -0.141. The summed E-state index contributed by atoms with van der Waals surface area (Å²) in [5.41, 5.74) is 0. The first-order valence-corrected chi connectivity index (χ1v) is 9.99. The van der Waals surface area contributed by atoms with Crippen LogP contribution in [0.25, 0.3) is 0 Å². The van der Waals surface area contributed by atoms with Crippen LogP contribution in [0.5, 0.6) is 5.75 Å². The van der Waals surface area contributed by atoms with E-state index < -0.39 is 0 Å². The SMILES string of the molecule is CN1CCCCCCN(C(=O)COc2ccc(F)cc2)[C@H]2CCC[C@H]2C1=O. The van der Waals surface area contributed by atoms with Crippen molar-refractivity contribution in [2.75, 3.05) is 26.7 Å². The van der Waals surface area contributed by atoms with Gasteiger partial charge in [0.15, 0.2) is 6.61 Å². The minimum absolute atomic E-state index is 0.0395. The van der Waals surface area contributed by atoms with E-state index in [0.29, 0.717) is 12.3 Å². The van der Waals surface area contributed by atoms with Gasteiger partial charge in [-0.25, -0.2) is 4.39 Å². The third-order valence-electron chi connectivity index (χ3n) is 5.71. The summed E-state index contributed by atoms with van der Waals surface area (Å²) in [6, 6.07) is 5.63. The van der Waals surface area contributed by atoms with E-state index in [1.165, 1.54) is 24.3 Å². The molecule has 0 N–H and O–H groups in total. The number of amides is 2.